The van der Waals surface area contributed by atoms with Crippen LogP contribution in [0.25, 0.3) is 0 Å². The second-order valence-electron chi connectivity index (χ2n) is 4.60. The van der Waals surface area contributed by atoms with Crippen LogP contribution < -0.4 is 5.32 Å². The fourth-order valence-corrected chi connectivity index (χ4v) is 2.18. The van der Waals surface area contributed by atoms with E-state index in [1.807, 2.05) is 31.2 Å². The Hall–Kier alpha value is -1.06. The van der Waals surface area contributed by atoms with E-state index >= 15 is 0 Å². The van der Waals surface area contributed by atoms with Gasteiger partial charge in [-0.3, -0.25) is 10.1 Å². The number of benzene rings is 1. The molecule has 1 fully saturated rings. The summed E-state index contributed by atoms with van der Waals surface area (Å²) in [5.74, 6) is -0.476. The number of hydrogen-bond donors (Lipinski definition) is 2. The van der Waals surface area contributed by atoms with Crippen molar-refractivity contribution in [2.75, 3.05) is 0 Å². The predicted octanol–water partition coefficient (Wildman–Crippen LogP) is 2.85. The number of nitrogens with one attached hydrogen (secondary N) is 1. The molecule has 0 radical (unpaired) electrons. The Morgan fingerprint density at radius 3 is 2.76 bits per heavy atom. The molecule has 0 heterocycles. The van der Waals surface area contributed by atoms with Gasteiger partial charge < -0.3 is 5.11 Å². The molecule has 4 heteroatoms. The van der Waals surface area contributed by atoms with Gasteiger partial charge in [0, 0.05) is 11.1 Å². The summed E-state index contributed by atoms with van der Waals surface area (Å²) < 4.78 is 0. The van der Waals surface area contributed by atoms with Crippen LogP contribution in [-0.4, -0.2) is 17.1 Å². The van der Waals surface area contributed by atoms with Crippen LogP contribution in [0.4, 0.5) is 0 Å². The zero-order valence-electron chi connectivity index (χ0n) is 9.69. The fraction of sp³-hybridized carbons (Fsp3) is 0.462. The standard InChI is InChI=1S/C13H16ClNO2/c1-8(10-3-2-4-11(14)7-10)15-12(13(16)17)9-5-6-9/h2-4,7-9,12,15H,5-6H2,1H3,(H,16,17)/t8-,12?/m0/s1. The Balaban J connectivity index is 2.04. The lowest BCUT2D eigenvalue weighted by Gasteiger charge is -2.20. The van der Waals surface area contributed by atoms with Gasteiger partial charge in [0.15, 0.2) is 0 Å². The van der Waals surface area contributed by atoms with Crippen molar-refractivity contribution in [3.63, 3.8) is 0 Å². The van der Waals surface area contributed by atoms with Crippen LogP contribution in [0.15, 0.2) is 24.3 Å². The minimum atomic E-state index is -0.763. The molecule has 2 rings (SSSR count). The Morgan fingerprint density at radius 1 is 1.53 bits per heavy atom. The molecule has 1 aromatic rings. The maximum Gasteiger partial charge on any atom is 0.320 e. The SMILES string of the molecule is C[C@H](NC(C(=O)O)C1CC1)c1cccc(Cl)c1. The lowest BCUT2D eigenvalue weighted by atomic mass is 10.1. The first-order valence-corrected chi connectivity index (χ1v) is 6.20. The van der Waals surface area contributed by atoms with Crippen LogP contribution >= 0.6 is 11.6 Å². The van der Waals surface area contributed by atoms with Gasteiger partial charge in [-0.1, -0.05) is 23.7 Å². The van der Waals surface area contributed by atoms with Crippen molar-refractivity contribution in [3.8, 4) is 0 Å². The average molecular weight is 254 g/mol. The third kappa shape index (κ3) is 3.20. The highest BCUT2D eigenvalue weighted by Gasteiger charge is 2.36. The zero-order chi connectivity index (χ0) is 12.4. The van der Waals surface area contributed by atoms with Crippen molar-refractivity contribution in [2.24, 2.45) is 5.92 Å². The van der Waals surface area contributed by atoms with Crippen LogP contribution in [0.2, 0.25) is 5.02 Å². The largest absolute Gasteiger partial charge is 0.480 e. The van der Waals surface area contributed by atoms with Crippen molar-refractivity contribution < 1.29 is 9.90 Å². The Bertz CT molecular complexity index is 418. The lowest BCUT2D eigenvalue weighted by molar-refractivity contribution is -0.140. The minimum absolute atomic E-state index is 0.00426. The molecule has 1 aliphatic rings. The summed E-state index contributed by atoms with van der Waals surface area (Å²) >= 11 is 5.92. The highest BCUT2D eigenvalue weighted by molar-refractivity contribution is 6.30. The molecular weight excluding hydrogens is 238 g/mol. The van der Waals surface area contributed by atoms with E-state index in [2.05, 4.69) is 5.32 Å². The van der Waals surface area contributed by atoms with Gasteiger partial charge in [0.05, 0.1) is 0 Å². The fourth-order valence-electron chi connectivity index (χ4n) is 1.98. The number of carboxylic acid groups (broad SMARTS) is 1. The highest BCUT2D eigenvalue weighted by Crippen LogP contribution is 2.34. The molecule has 3 nitrogen and oxygen atoms in total. The molecule has 0 aliphatic heterocycles. The molecule has 2 N–H and O–H groups in total. The molecular formula is C13H16ClNO2. The lowest BCUT2D eigenvalue weighted by Crippen LogP contribution is -2.40. The van der Waals surface area contributed by atoms with Crippen LogP contribution in [0.1, 0.15) is 31.4 Å². The zero-order valence-corrected chi connectivity index (χ0v) is 10.4. The summed E-state index contributed by atoms with van der Waals surface area (Å²) in [6.45, 7) is 1.96. The summed E-state index contributed by atoms with van der Waals surface area (Å²) in [5, 5.41) is 13.0. The smallest absolute Gasteiger partial charge is 0.320 e. The first-order valence-electron chi connectivity index (χ1n) is 5.82. The van der Waals surface area contributed by atoms with Crippen LogP contribution in [0.5, 0.6) is 0 Å². The van der Waals surface area contributed by atoms with Crippen molar-refractivity contribution >= 4 is 17.6 Å². The van der Waals surface area contributed by atoms with Crippen LogP contribution in [0.3, 0.4) is 0 Å². The van der Waals surface area contributed by atoms with Crippen molar-refractivity contribution in [2.45, 2.75) is 31.8 Å². The van der Waals surface area contributed by atoms with Crippen molar-refractivity contribution in [3.05, 3.63) is 34.9 Å². The van der Waals surface area contributed by atoms with Crippen LogP contribution in [0, 0.1) is 5.92 Å². The number of aliphatic carboxylic acids is 1. The van der Waals surface area contributed by atoms with Gasteiger partial charge in [0.25, 0.3) is 0 Å². The van der Waals surface area contributed by atoms with Crippen molar-refractivity contribution in [1.29, 1.82) is 0 Å². The highest BCUT2D eigenvalue weighted by atomic mass is 35.5. The number of hydrogen-bond acceptors (Lipinski definition) is 2. The number of carbonyl (C=O) groups is 1. The van der Waals surface area contributed by atoms with E-state index in [0.717, 1.165) is 18.4 Å². The maximum absolute atomic E-state index is 11.1. The van der Waals surface area contributed by atoms with Gasteiger partial charge in [0.1, 0.15) is 6.04 Å². The van der Waals surface area contributed by atoms with Gasteiger partial charge in [-0.2, -0.15) is 0 Å². The molecule has 0 amide bonds. The van der Waals surface area contributed by atoms with E-state index in [1.54, 1.807) is 0 Å². The van der Waals surface area contributed by atoms with E-state index in [4.69, 9.17) is 16.7 Å². The minimum Gasteiger partial charge on any atom is -0.480 e. The molecule has 0 bridgehead atoms. The van der Waals surface area contributed by atoms with E-state index in [0.29, 0.717) is 5.02 Å². The summed E-state index contributed by atoms with van der Waals surface area (Å²) in [6, 6.07) is 7.07. The predicted molar refractivity (Wildman–Crippen MR) is 67.2 cm³/mol. The normalized spacial score (nSPS) is 18.7. The molecule has 1 aliphatic carbocycles. The van der Waals surface area contributed by atoms with Gasteiger partial charge >= 0.3 is 5.97 Å². The summed E-state index contributed by atoms with van der Waals surface area (Å²) in [7, 11) is 0. The monoisotopic (exact) mass is 253 g/mol. The molecule has 2 atom stereocenters. The quantitative estimate of drug-likeness (QED) is 0.848. The molecule has 1 saturated carbocycles. The van der Waals surface area contributed by atoms with E-state index in [-0.39, 0.29) is 12.0 Å². The molecule has 0 aromatic heterocycles. The molecule has 92 valence electrons. The first kappa shape index (κ1) is 12.4. The van der Waals surface area contributed by atoms with Gasteiger partial charge in [-0.25, -0.2) is 0 Å². The Kier molecular flexibility index (Phi) is 3.69. The average Bonchev–Trinajstić information content (AvgIpc) is 3.09. The second kappa shape index (κ2) is 5.07. The molecule has 0 spiro atoms. The maximum atomic E-state index is 11.1. The number of halogens is 1. The first-order chi connectivity index (χ1) is 8.08. The van der Waals surface area contributed by atoms with Gasteiger partial charge in [0.2, 0.25) is 0 Å². The summed E-state index contributed by atoms with van der Waals surface area (Å²) in [5.41, 5.74) is 1.02. The second-order valence-corrected chi connectivity index (χ2v) is 5.03. The third-order valence-corrected chi connectivity index (χ3v) is 3.37. The van der Waals surface area contributed by atoms with E-state index < -0.39 is 12.0 Å². The molecule has 1 unspecified atom stereocenters. The van der Waals surface area contributed by atoms with Gasteiger partial charge in [-0.15, -0.1) is 0 Å². The van der Waals surface area contributed by atoms with Crippen LogP contribution in [-0.2, 0) is 4.79 Å². The summed E-state index contributed by atoms with van der Waals surface area (Å²) in [6.07, 6.45) is 2.01. The molecule has 1 aromatic carbocycles. The Morgan fingerprint density at radius 2 is 2.24 bits per heavy atom. The van der Waals surface area contributed by atoms with E-state index in [1.165, 1.54) is 0 Å². The molecule has 17 heavy (non-hydrogen) atoms. The van der Waals surface area contributed by atoms with E-state index in [9.17, 15) is 4.79 Å². The van der Waals surface area contributed by atoms with Gasteiger partial charge in [-0.05, 0) is 43.4 Å². The Labute approximate surface area is 106 Å². The van der Waals surface area contributed by atoms with Crippen molar-refractivity contribution in [1.82, 2.24) is 5.32 Å². The topological polar surface area (TPSA) is 49.3 Å². The number of carboxylic acids is 1. The number of rotatable bonds is 5. The third-order valence-electron chi connectivity index (χ3n) is 3.14. The molecule has 0 saturated heterocycles. The summed E-state index contributed by atoms with van der Waals surface area (Å²) in [4.78, 5) is 11.1.